The number of hydrogen-bond donors (Lipinski definition) is 1. The minimum absolute atomic E-state index is 0.187. The van der Waals surface area contributed by atoms with Crippen LogP contribution in [0.2, 0.25) is 0 Å². The van der Waals surface area contributed by atoms with Crippen LogP contribution in [0.3, 0.4) is 0 Å². The first-order chi connectivity index (χ1) is 11.1. The van der Waals surface area contributed by atoms with Crippen LogP contribution in [-0.4, -0.2) is 35.1 Å². The molecule has 5 heteroatoms. The number of carbonyl (C=O) groups excluding carboxylic acids is 1. The van der Waals surface area contributed by atoms with Crippen molar-refractivity contribution < 1.29 is 19.1 Å². The van der Waals surface area contributed by atoms with Crippen LogP contribution in [0.1, 0.15) is 29.5 Å². The fraction of sp³-hybridized carbons (Fsp3) is 0.389. The summed E-state index contributed by atoms with van der Waals surface area (Å²) >= 11 is 0. The van der Waals surface area contributed by atoms with Crippen molar-refractivity contribution in [1.29, 1.82) is 0 Å². The van der Waals surface area contributed by atoms with Crippen molar-refractivity contribution in [2.75, 3.05) is 13.1 Å². The van der Waals surface area contributed by atoms with Crippen LogP contribution in [-0.2, 0) is 6.61 Å². The van der Waals surface area contributed by atoms with Crippen molar-refractivity contribution in [3.63, 3.8) is 0 Å². The lowest BCUT2D eigenvalue weighted by Crippen LogP contribution is -2.45. The molecule has 1 fully saturated rings. The van der Waals surface area contributed by atoms with Crippen LogP contribution < -0.4 is 4.74 Å². The zero-order valence-corrected chi connectivity index (χ0v) is 13.1. The van der Waals surface area contributed by atoms with E-state index in [1.54, 1.807) is 11.0 Å². The molecule has 3 rings (SSSR count). The third kappa shape index (κ3) is 3.56. The summed E-state index contributed by atoms with van der Waals surface area (Å²) in [7, 11) is 0. The molecule has 122 valence electrons. The van der Waals surface area contributed by atoms with Crippen LogP contribution in [0.15, 0.2) is 47.1 Å². The molecule has 5 nitrogen and oxygen atoms in total. The average Bonchev–Trinajstić information content (AvgIpc) is 3.04. The second-order valence-electron chi connectivity index (χ2n) is 5.96. The summed E-state index contributed by atoms with van der Waals surface area (Å²) in [4.78, 5) is 14.3. The molecule has 0 aliphatic carbocycles. The van der Waals surface area contributed by atoms with Gasteiger partial charge in [-0.2, -0.15) is 0 Å². The minimum Gasteiger partial charge on any atom is -0.489 e. The predicted octanol–water partition coefficient (Wildman–Crippen LogP) is 2.70. The number of aliphatic hydroxyl groups excluding tert-OH is 1. The quantitative estimate of drug-likeness (QED) is 0.942. The Kier molecular flexibility index (Phi) is 4.67. The lowest BCUT2D eigenvalue weighted by molar-refractivity contribution is 0.0229. The molecule has 2 heterocycles. The van der Waals surface area contributed by atoms with Crippen molar-refractivity contribution >= 4 is 5.91 Å². The smallest absolute Gasteiger partial charge is 0.290 e. The van der Waals surface area contributed by atoms with Gasteiger partial charge in [-0.1, -0.05) is 25.1 Å². The first kappa shape index (κ1) is 15.6. The molecule has 2 unspecified atom stereocenters. The molecule has 1 amide bonds. The first-order valence-corrected chi connectivity index (χ1v) is 7.86. The van der Waals surface area contributed by atoms with E-state index < -0.39 is 6.10 Å². The number of rotatable bonds is 4. The maximum Gasteiger partial charge on any atom is 0.290 e. The van der Waals surface area contributed by atoms with Crippen molar-refractivity contribution in [3.8, 4) is 5.75 Å². The lowest BCUT2D eigenvalue weighted by atomic mass is 9.96. The zero-order chi connectivity index (χ0) is 16.2. The Morgan fingerprint density at radius 3 is 2.87 bits per heavy atom. The van der Waals surface area contributed by atoms with Crippen molar-refractivity contribution in [2.45, 2.75) is 26.1 Å². The fourth-order valence-electron chi connectivity index (χ4n) is 2.69. The normalized spacial score (nSPS) is 21.2. The molecular formula is C18H21NO4. The van der Waals surface area contributed by atoms with Gasteiger partial charge < -0.3 is 19.2 Å². The second kappa shape index (κ2) is 6.87. The molecule has 1 aliphatic rings. The third-order valence-electron chi connectivity index (χ3n) is 4.28. The van der Waals surface area contributed by atoms with Crippen molar-refractivity contribution in [1.82, 2.24) is 4.90 Å². The van der Waals surface area contributed by atoms with E-state index in [1.807, 2.05) is 37.3 Å². The van der Waals surface area contributed by atoms with Crippen LogP contribution in [0.4, 0.5) is 0 Å². The highest BCUT2D eigenvalue weighted by molar-refractivity contribution is 5.93. The number of furan rings is 1. The fourth-order valence-corrected chi connectivity index (χ4v) is 2.69. The number of β-amino-alcohol motifs (C(OH)–C–C–N with tert-alkyl or cyclic N) is 1. The van der Waals surface area contributed by atoms with E-state index in [9.17, 15) is 9.90 Å². The molecule has 2 atom stereocenters. The Bertz CT molecular complexity index is 652. The average molecular weight is 315 g/mol. The van der Waals surface area contributed by atoms with Crippen LogP contribution >= 0.6 is 0 Å². The van der Waals surface area contributed by atoms with Gasteiger partial charge in [-0.15, -0.1) is 0 Å². The molecule has 23 heavy (non-hydrogen) atoms. The number of amides is 1. The van der Waals surface area contributed by atoms with Crippen LogP contribution in [0, 0.1) is 5.92 Å². The minimum atomic E-state index is -0.480. The highest BCUT2D eigenvalue weighted by atomic mass is 16.5. The third-order valence-corrected chi connectivity index (χ3v) is 4.28. The molecule has 0 radical (unpaired) electrons. The van der Waals surface area contributed by atoms with Gasteiger partial charge in [0, 0.05) is 18.7 Å². The Hall–Kier alpha value is -2.27. The van der Waals surface area contributed by atoms with Gasteiger partial charge in [0.15, 0.2) is 5.76 Å². The molecule has 0 spiro atoms. The molecule has 1 aromatic heterocycles. The number of likely N-dealkylation sites (tertiary alicyclic amines) is 1. The summed E-state index contributed by atoms with van der Waals surface area (Å²) in [5.74, 6) is 1.07. The number of hydrogen-bond acceptors (Lipinski definition) is 4. The number of piperidine rings is 1. The number of benzene rings is 1. The summed E-state index contributed by atoms with van der Waals surface area (Å²) in [6.07, 6.45) is 1.82. The molecule has 1 aromatic carbocycles. The van der Waals surface area contributed by atoms with Crippen LogP contribution in [0.25, 0.3) is 0 Å². The molecule has 1 saturated heterocycles. The Labute approximate surface area is 135 Å². The van der Waals surface area contributed by atoms with E-state index in [0.29, 0.717) is 24.4 Å². The SMILES string of the molecule is CC1CCN(C(=O)c2occc2COc2ccccc2)CC1O. The molecular weight excluding hydrogens is 294 g/mol. The standard InChI is InChI=1S/C18H21NO4/c1-13-7-9-19(11-16(13)20)18(21)17-14(8-10-22-17)12-23-15-5-3-2-4-6-15/h2-6,8,10,13,16,20H,7,9,11-12H2,1H3. The molecule has 1 aliphatic heterocycles. The summed E-state index contributed by atoms with van der Waals surface area (Å²) < 4.78 is 11.1. The van der Waals surface area contributed by atoms with Gasteiger partial charge in [-0.25, -0.2) is 0 Å². The largest absolute Gasteiger partial charge is 0.489 e. The van der Waals surface area contributed by atoms with E-state index in [2.05, 4.69) is 0 Å². The van der Waals surface area contributed by atoms with Crippen molar-refractivity contribution in [2.24, 2.45) is 5.92 Å². The molecule has 0 bridgehead atoms. The zero-order valence-electron chi connectivity index (χ0n) is 13.1. The summed E-state index contributed by atoms with van der Waals surface area (Å²) in [5.41, 5.74) is 0.715. The van der Waals surface area contributed by atoms with Crippen molar-refractivity contribution in [3.05, 3.63) is 54.0 Å². The van der Waals surface area contributed by atoms with Gasteiger partial charge in [0.25, 0.3) is 5.91 Å². The Morgan fingerprint density at radius 1 is 1.35 bits per heavy atom. The Morgan fingerprint density at radius 2 is 2.13 bits per heavy atom. The number of aliphatic hydroxyl groups is 1. The molecule has 2 aromatic rings. The number of carbonyl (C=O) groups is 1. The van der Waals surface area contributed by atoms with E-state index in [0.717, 1.165) is 12.2 Å². The first-order valence-electron chi connectivity index (χ1n) is 7.86. The molecule has 0 saturated carbocycles. The van der Waals surface area contributed by atoms with Gasteiger partial charge in [-0.05, 0) is 30.5 Å². The summed E-state index contributed by atoms with van der Waals surface area (Å²) in [6, 6.07) is 11.2. The number of nitrogens with zero attached hydrogens (tertiary/aromatic N) is 1. The van der Waals surface area contributed by atoms with Gasteiger partial charge in [0.05, 0.1) is 12.4 Å². The Balaban J connectivity index is 1.67. The van der Waals surface area contributed by atoms with Gasteiger partial charge in [0.2, 0.25) is 0 Å². The monoisotopic (exact) mass is 315 g/mol. The molecule has 1 N–H and O–H groups in total. The summed E-state index contributed by atoms with van der Waals surface area (Å²) in [6.45, 7) is 3.25. The number of ether oxygens (including phenoxy) is 1. The predicted molar refractivity (Wildman–Crippen MR) is 85.2 cm³/mol. The van der Waals surface area contributed by atoms with E-state index in [1.165, 1.54) is 6.26 Å². The number of para-hydroxylation sites is 1. The van der Waals surface area contributed by atoms with E-state index in [-0.39, 0.29) is 18.4 Å². The highest BCUT2D eigenvalue weighted by Gasteiger charge is 2.30. The van der Waals surface area contributed by atoms with Gasteiger partial charge in [-0.3, -0.25) is 4.79 Å². The van der Waals surface area contributed by atoms with Gasteiger partial charge >= 0.3 is 0 Å². The maximum absolute atomic E-state index is 12.6. The van der Waals surface area contributed by atoms with E-state index >= 15 is 0 Å². The van der Waals surface area contributed by atoms with E-state index in [4.69, 9.17) is 9.15 Å². The van der Waals surface area contributed by atoms with Gasteiger partial charge in [0.1, 0.15) is 12.4 Å². The summed E-state index contributed by atoms with van der Waals surface area (Å²) in [5, 5.41) is 9.97. The lowest BCUT2D eigenvalue weighted by Gasteiger charge is -2.33. The topological polar surface area (TPSA) is 62.9 Å². The van der Waals surface area contributed by atoms with Crippen LogP contribution in [0.5, 0.6) is 5.75 Å². The maximum atomic E-state index is 12.6. The second-order valence-corrected chi connectivity index (χ2v) is 5.96. The highest BCUT2D eigenvalue weighted by Crippen LogP contribution is 2.22.